The zero-order valence-electron chi connectivity index (χ0n) is 80.1. The van der Waals surface area contributed by atoms with Gasteiger partial charge in [0.1, 0.15) is 16.1 Å². The van der Waals surface area contributed by atoms with Gasteiger partial charge in [0.2, 0.25) is 0 Å². The first-order valence-corrected chi connectivity index (χ1v) is 50.7. The summed E-state index contributed by atoms with van der Waals surface area (Å²) >= 11 is 0. The number of para-hydroxylation sites is 6. The van der Waals surface area contributed by atoms with Crippen LogP contribution in [0.25, 0.3) is 99.5 Å². The first-order valence-electron chi connectivity index (χ1n) is 47.7. The number of rotatable bonds is 10. The molecule has 0 spiro atoms. The maximum absolute atomic E-state index is 12.2. The Balaban J connectivity index is 0.880. The zero-order valence-corrected chi connectivity index (χ0v) is 76.1. The van der Waals surface area contributed by atoms with Crippen molar-refractivity contribution >= 4 is 172 Å². The van der Waals surface area contributed by atoms with E-state index >= 15 is 0 Å². The number of benzene rings is 17. The molecule has 19 aromatic rings. The van der Waals surface area contributed by atoms with Gasteiger partial charge in [-0.1, -0.05) is 331 Å². The molecule has 0 amide bonds. The summed E-state index contributed by atoms with van der Waals surface area (Å²) in [6.07, 6.45) is 0. The smallest absolute Gasteiger partial charge is 0.252 e. The zero-order chi connectivity index (χ0) is 91.7. The summed E-state index contributed by atoms with van der Waals surface area (Å²) < 4.78 is 75.1. The quantitative estimate of drug-likeness (QED) is 0.127. The van der Waals surface area contributed by atoms with Crippen LogP contribution < -0.4 is 56.7 Å². The Labute approximate surface area is 757 Å². The third-order valence-corrected chi connectivity index (χ3v) is 34.8. The molecule has 0 aliphatic carbocycles. The molecule has 0 atom stereocenters. The van der Waals surface area contributed by atoms with Crippen LogP contribution in [0.3, 0.4) is 0 Å². The van der Waals surface area contributed by atoms with Crippen LogP contribution in [-0.4, -0.2) is 32.0 Å². The van der Waals surface area contributed by atoms with E-state index in [2.05, 4.69) is 445 Å². The molecule has 23 rings (SSSR count). The van der Waals surface area contributed by atoms with Crippen molar-refractivity contribution in [2.75, 3.05) is 19.6 Å². The Morgan fingerprint density at radius 1 is 0.252 bits per heavy atom. The molecule has 0 saturated carbocycles. The maximum atomic E-state index is 12.2. The fourth-order valence-electron chi connectivity index (χ4n) is 21.2. The lowest BCUT2D eigenvalue weighted by atomic mass is 9.33. The Kier molecular flexibility index (Phi) is 16.2. The van der Waals surface area contributed by atoms with Crippen molar-refractivity contribution in [2.45, 2.75) is 105 Å². The van der Waals surface area contributed by atoms with Crippen LogP contribution in [0.4, 0.5) is 68.2 Å². The number of anilines is 12. The molecule has 0 N–H and O–H groups in total. The molecule has 9 heteroatoms. The summed E-state index contributed by atoms with van der Waals surface area (Å²) in [7, 11) is -4.38. The largest absolute Gasteiger partial charge is 0.311 e. The van der Waals surface area contributed by atoms with Crippen molar-refractivity contribution in [3.8, 4) is 55.9 Å². The van der Waals surface area contributed by atoms with E-state index < -0.39 is 39.1 Å². The average molecular weight is 1680 g/mol. The van der Waals surface area contributed by atoms with E-state index in [4.69, 9.17) is 0 Å². The van der Waals surface area contributed by atoms with E-state index in [-0.39, 0.29) is 47.6 Å². The Hall–Kier alpha value is -14.0. The molecule has 6 heterocycles. The van der Waals surface area contributed by atoms with Gasteiger partial charge >= 0.3 is 0 Å². The second-order valence-corrected chi connectivity index (χ2v) is 47.8. The van der Waals surface area contributed by atoms with Crippen molar-refractivity contribution in [1.82, 2.24) is 9.13 Å². The minimum Gasteiger partial charge on any atom is -0.311 e. The highest BCUT2D eigenvalue weighted by Crippen LogP contribution is 2.57. The van der Waals surface area contributed by atoms with Crippen LogP contribution in [-0.2, 0) is 16.2 Å². The number of hydrogen-bond donors (Lipinski definition) is 0. The molecule has 0 fully saturated rings. The van der Waals surface area contributed by atoms with Crippen molar-refractivity contribution in [1.29, 1.82) is 0 Å². The number of nitrogens with zero attached hydrogens (tertiary/aromatic N) is 6. The van der Waals surface area contributed by atoms with Crippen LogP contribution in [0, 0.1) is 0 Å². The molecule has 0 radical (unpaired) electrons. The van der Waals surface area contributed by atoms with Gasteiger partial charge in [-0.15, -0.1) is 0 Å². The monoisotopic (exact) mass is 1670 g/mol. The lowest BCUT2D eigenvalue weighted by Gasteiger charge is -2.47. The molecule has 4 aliphatic heterocycles. The van der Waals surface area contributed by atoms with Crippen LogP contribution >= 0.6 is 0 Å². The molecule has 4 aliphatic rings. The summed E-state index contributed by atoms with van der Waals surface area (Å²) in [6, 6.07) is 121. The fourth-order valence-corrected chi connectivity index (χ4v) is 27.2. The number of fused-ring (bicyclic) bond motifs is 14. The topological polar surface area (TPSA) is 22.8 Å². The standard InChI is InChI=1S/C118H101BN6Si2/c1-116(2,3)80-66-89(76-38-18-14-19-39-76)114(90(67-80)77-40-20-15-21-41-77)124-105-74-85(120-97-48-28-26-46-87(97)93-72-83(60-64-99(93)120)122-101-50-30-34-54-109(101)126(10,11)110-55-35-31-51-102(110)122)58-62-95(105)119-96-63-59-86(121-98-49-29-27-47-88(98)94-73-84(61-65-100(94)121)123-103-52-32-36-56-111(103)127(12,13)112-57-37-33-53-104(112)123)75-106(96)125(108-71-82(118(7,8)9)70-107(124)113(108)119)115-91(78-42-22-16-23-43-78)68-81(117(4,5)6)69-92(115)79-44-24-17-25-45-79/h14-75H,1-13H3/i58D,59D,62D,63D,74D,75D. The summed E-state index contributed by atoms with van der Waals surface area (Å²) in [5.74, 6) is 0. The second-order valence-electron chi connectivity index (χ2n) is 39.2. The summed E-state index contributed by atoms with van der Waals surface area (Å²) in [5, 5.41) is 9.06. The molecular weight excluding hydrogens is 1570 g/mol. The Morgan fingerprint density at radius 2 is 0.535 bits per heavy atom. The van der Waals surface area contributed by atoms with Crippen LogP contribution in [0.1, 0.15) is 87.2 Å². The van der Waals surface area contributed by atoms with E-state index in [1.54, 1.807) is 0 Å². The highest BCUT2D eigenvalue weighted by atomic mass is 28.3. The predicted molar refractivity (Wildman–Crippen MR) is 550 cm³/mol. The number of aromatic nitrogens is 2. The number of hydrogen-bond acceptors (Lipinski definition) is 4. The maximum Gasteiger partial charge on any atom is 0.252 e. The second kappa shape index (κ2) is 28.8. The van der Waals surface area contributed by atoms with Crippen molar-refractivity contribution in [2.24, 2.45) is 0 Å². The van der Waals surface area contributed by atoms with E-state index in [1.807, 2.05) is 12.1 Å². The molecule has 614 valence electrons. The van der Waals surface area contributed by atoms with E-state index in [0.717, 1.165) is 150 Å². The normalized spacial score (nSPS) is 14.9. The summed E-state index contributed by atoms with van der Waals surface area (Å²) in [6.45, 7) is 29.0. The molecule has 127 heavy (non-hydrogen) atoms. The van der Waals surface area contributed by atoms with Crippen LogP contribution in [0.5, 0.6) is 0 Å². The van der Waals surface area contributed by atoms with Crippen LogP contribution in [0.15, 0.2) is 376 Å². The van der Waals surface area contributed by atoms with Gasteiger partial charge < -0.3 is 28.7 Å². The summed E-state index contributed by atoms with van der Waals surface area (Å²) in [5.41, 5.74) is 24.0. The minimum atomic E-state index is -2.19. The Morgan fingerprint density at radius 3 is 0.858 bits per heavy atom. The first kappa shape index (κ1) is 71.3. The molecule has 0 saturated heterocycles. The average Bonchev–Trinajstić information content (AvgIpc) is 1.23. The van der Waals surface area contributed by atoms with Gasteiger partial charge in [0, 0.05) is 112 Å². The van der Waals surface area contributed by atoms with Crippen molar-refractivity contribution in [3.63, 3.8) is 0 Å². The fraction of sp³-hybridized carbons (Fsp3) is 0.136. The van der Waals surface area contributed by atoms with Gasteiger partial charge in [0.15, 0.2) is 0 Å². The van der Waals surface area contributed by atoms with Gasteiger partial charge in [0.25, 0.3) is 6.71 Å². The molecule has 6 nitrogen and oxygen atoms in total. The Bertz CT molecular complexity index is 7440. The van der Waals surface area contributed by atoms with Gasteiger partial charge in [-0.05, 0) is 226 Å². The minimum absolute atomic E-state index is 0.00752. The first-order chi connectivity index (χ1) is 64.0. The van der Waals surface area contributed by atoms with Gasteiger partial charge in [-0.3, -0.25) is 0 Å². The molecule has 0 unspecified atom stereocenters. The highest BCUT2D eigenvalue weighted by molar-refractivity contribution is 7.03. The van der Waals surface area contributed by atoms with Crippen molar-refractivity contribution < 1.29 is 8.22 Å². The molecular formula is C118H101BN6Si2. The molecule has 0 bridgehead atoms. The van der Waals surface area contributed by atoms with E-state index in [1.165, 1.54) is 20.7 Å². The lowest BCUT2D eigenvalue weighted by Crippen LogP contribution is -2.61. The van der Waals surface area contributed by atoms with Gasteiger partial charge in [-0.25, -0.2) is 0 Å². The van der Waals surface area contributed by atoms with Gasteiger partial charge in [0.05, 0.1) is 41.7 Å². The summed E-state index contributed by atoms with van der Waals surface area (Å²) in [4.78, 5) is 9.44. The predicted octanol–water partition coefficient (Wildman–Crippen LogP) is 27.7. The van der Waals surface area contributed by atoms with E-state index in [9.17, 15) is 8.22 Å². The molecule has 17 aromatic carbocycles. The SMILES string of the molecule is [2H]c1c([2H])c(-n2c3ccccc3c3cc(N4c5ccccc5[Si](C)(C)c5ccccc54)ccc32)c([2H])c2c1B1c3c(cc(C(C)(C)C)cc3N(c3c(-c4ccccc4)cc(C(C)(C)C)cc3-c3ccccc3)c3c([2H])c(-n4c5ccccc5c5cc(N6c7ccccc7[Si](C)(C)c7ccccc76)ccc54)c([2H])c([2H])c31)N2c1c(-c2ccccc2)cc(C(C)(C)C)cc1-c1ccccc1. The van der Waals surface area contributed by atoms with Crippen molar-refractivity contribution in [3.05, 3.63) is 393 Å². The highest BCUT2D eigenvalue weighted by Gasteiger charge is 2.48. The third kappa shape index (κ3) is 12.2. The van der Waals surface area contributed by atoms with Crippen LogP contribution in [0.2, 0.25) is 26.2 Å². The van der Waals surface area contributed by atoms with Gasteiger partial charge in [-0.2, -0.15) is 0 Å². The third-order valence-electron chi connectivity index (χ3n) is 27.7. The lowest BCUT2D eigenvalue weighted by molar-refractivity contribution is 0.590. The van der Waals surface area contributed by atoms with E-state index in [0.29, 0.717) is 39.1 Å². The molecule has 2 aromatic heterocycles.